The fourth-order valence-electron chi connectivity index (χ4n) is 2.08. The molecular weight excluding hydrogens is 275 g/mol. The molecule has 2 heterocycles. The molecule has 0 aromatic carbocycles. The Hall–Kier alpha value is -1.57. The summed E-state index contributed by atoms with van der Waals surface area (Å²) in [6.45, 7) is 4.36. The molecule has 0 N–H and O–H groups in total. The third-order valence-electron chi connectivity index (χ3n) is 3.16. The first kappa shape index (κ1) is 14.8. The van der Waals surface area contributed by atoms with Crippen molar-refractivity contribution in [1.29, 1.82) is 0 Å². The Morgan fingerprint density at radius 2 is 2.20 bits per heavy atom. The van der Waals surface area contributed by atoms with Gasteiger partial charge in [-0.25, -0.2) is 0 Å². The number of carbonyl (C=O) groups excluding carboxylic acids is 1. The van der Waals surface area contributed by atoms with E-state index in [-0.39, 0.29) is 24.6 Å². The van der Waals surface area contributed by atoms with Crippen molar-refractivity contribution in [1.82, 2.24) is 14.7 Å². The second-order valence-corrected chi connectivity index (χ2v) is 4.94. The van der Waals surface area contributed by atoms with Gasteiger partial charge in [-0.05, 0) is 19.9 Å². The lowest BCUT2D eigenvalue weighted by molar-refractivity contribution is -0.145. The summed E-state index contributed by atoms with van der Waals surface area (Å²) in [7, 11) is 0. The molecule has 0 radical (unpaired) electrons. The molecule has 1 aliphatic heterocycles. The molecule has 0 unspecified atom stereocenters. The molecule has 5 nitrogen and oxygen atoms in total. The Bertz CT molecular complexity index is 487. The van der Waals surface area contributed by atoms with Crippen LogP contribution in [0.5, 0.6) is 0 Å². The summed E-state index contributed by atoms with van der Waals surface area (Å²) in [4.78, 5) is 13.7. The summed E-state index contributed by atoms with van der Waals surface area (Å²) in [6.07, 6.45) is -3.40. The zero-order valence-electron chi connectivity index (χ0n) is 11.2. The maximum Gasteiger partial charge on any atom is 0.435 e. The lowest BCUT2D eigenvalue weighted by Crippen LogP contribution is -2.51. The Labute approximate surface area is 114 Å². The number of morpholine rings is 1. The highest BCUT2D eigenvalue weighted by Gasteiger charge is 2.34. The molecule has 1 fully saturated rings. The number of carbonyl (C=O) groups is 1. The summed E-state index contributed by atoms with van der Waals surface area (Å²) < 4.78 is 43.7. The van der Waals surface area contributed by atoms with Crippen molar-refractivity contribution in [3.8, 4) is 0 Å². The van der Waals surface area contributed by atoms with Crippen molar-refractivity contribution in [2.75, 3.05) is 13.2 Å². The highest BCUT2D eigenvalue weighted by molar-refractivity contribution is 5.76. The number of rotatable bonds is 2. The molecule has 1 aliphatic rings. The first-order valence-electron chi connectivity index (χ1n) is 6.29. The zero-order chi connectivity index (χ0) is 14.9. The quantitative estimate of drug-likeness (QED) is 0.830. The van der Waals surface area contributed by atoms with E-state index >= 15 is 0 Å². The number of hydrogen-bond acceptors (Lipinski definition) is 3. The van der Waals surface area contributed by atoms with E-state index in [1.807, 2.05) is 13.8 Å². The maximum absolute atomic E-state index is 12.4. The standard InChI is InChI=1S/C12H16F3N3O2/c1-8-7-20-9(2)5-18(8)11(19)6-17-4-3-10(16-17)12(13,14)15/h3-4,8-9H,5-7H2,1-2H3/t8-,9-/m1/s1. The second-order valence-electron chi connectivity index (χ2n) is 4.94. The van der Waals surface area contributed by atoms with Crippen LogP contribution in [0.15, 0.2) is 12.3 Å². The molecular formula is C12H16F3N3O2. The van der Waals surface area contributed by atoms with E-state index in [4.69, 9.17) is 4.74 Å². The summed E-state index contributed by atoms with van der Waals surface area (Å²) in [5.41, 5.74) is -0.992. The van der Waals surface area contributed by atoms with Gasteiger partial charge in [0.15, 0.2) is 5.69 Å². The number of amides is 1. The summed E-state index contributed by atoms with van der Waals surface area (Å²) in [6, 6.07) is 0.773. The molecule has 8 heteroatoms. The normalized spacial score (nSPS) is 23.9. The minimum absolute atomic E-state index is 0.0708. The van der Waals surface area contributed by atoms with Gasteiger partial charge in [-0.1, -0.05) is 0 Å². The van der Waals surface area contributed by atoms with Crippen LogP contribution in [0, 0.1) is 0 Å². The fourth-order valence-corrected chi connectivity index (χ4v) is 2.08. The second kappa shape index (κ2) is 5.43. The highest BCUT2D eigenvalue weighted by Crippen LogP contribution is 2.27. The Morgan fingerprint density at radius 1 is 1.50 bits per heavy atom. The van der Waals surface area contributed by atoms with Gasteiger partial charge in [-0.3, -0.25) is 9.48 Å². The van der Waals surface area contributed by atoms with E-state index in [0.29, 0.717) is 13.2 Å². The molecule has 0 saturated carbocycles. The van der Waals surface area contributed by atoms with Crippen LogP contribution in [-0.2, 0) is 22.3 Å². The predicted octanol–water partition coefficient (Wildman–Crippen LogP) is 1.54. The molecule has 1 saturated heterocycles. The van der Waals surface area contributed by atoms with Crippen LogP contribution in [0.3, 0.4) is 0 Å². The van der Waals surface area contributed by atoms with Crippen LogP contribution >= 0.6 is 0 Å². The predicted molar refractivity (Wildman–Crippen MR) is 63.8 cm³/mol. The van der Waals surface area contributed by atoms with Gasteiger partial charge in [0, 0.05) is 12.7 Å². The van der Waals surface area contributed by atoms with Crippen LogP contribution in [0.1, 0.15) is 19.5 Å². The van der Waals surface area contributed by atoms with Gasteiger partial charge in [-0.2, -0.15) is 18.3 Å². The topological polar surface area (TPSA) is 47.4 Å². The number of alkyl halides is 3. The van der Waals surface area contributed by atoms with Gasteiger partial charge in [-0.15, -0.1) is 0 Å². The summed E-state index contributed by atoms with van der Waals surface area (Å²) in [5.74, 6) is -0.260. The molecule has 20 heavy (non-hydrogen) atoms. The van der Waals surface area contributed by atoms with Crippen LogP contribution in [0.2, 0.25) is 0 Å². The molecule has 0 aliphatic carbocycles. The van der Waals surface area contributed by atoms with E-state index < -0.39 is 11.9 Å². The van der Waals surface area contributed by atoms with Gasteiger partial charge in [0.2, 0.25) is 5.91 Å². The van der Waals surface area contributed by atoms with Crippen LogP contribution in [0.25, 0.3) is 0 Å². The molecule has 1 aromatic heterocycles. The van der Waals surface area contributed by atoms with E-state index in [9.17, 15) is 18.0 Å². The molecule has 1 amide bonds. The molecule has 2 rings (SSSR count). The third-order valence-corrected chi connectivity index (χ3v) is 3.16. The molecule has 0 bridgehead atoms. The smallest absolute Gasteiger partial charge is 0.375 e. The SMILES string of the molecule is C[C@@H]1CN(C(=O)Cn2ccc(C(F)(F)F)n2)[C@H](C)CO1. The van der Waals surface area contributed by atoms with E-state index in [0.717, 1.165) is 16.9 Å². The van der Waals surface area contributed by atoms with Gasteiger partial charge < -0.3 is 9.64 Å². The van der Waals surface area contributed by atoms with Gasteiger partial charge in [0.05, 0.1) is 18.8 Å². The van der Waals surface area contributed by atoms with E-state index in [1.54, 1.807) is 4.90 Å². The number of nitrogens with zero attached hydrogens (tertiary/aromatic N) is 3. The number of halogens is 3. The van der Waals surface area contributed by atoms with Crippen LogP contribution in [0.4, 0.5) is 13.2 Å². The molecule has 112 valence electrons. The fraction of sp³-hybridized carbons (Fsp3) is 0.667. The van der Waals surface area contributed by atoms with Crippen molar-refractivity contribution in [2.45, 2.75) is 38.7 Å². The highest BCUT2D eigenvalue weighted by atomic mass is 19.4. The van der Waals surface area contributed by atoms with Crippen molar-refractivity contribution in [3.63, 3.8) is 0 Å². The van der Waals surface area contributed by atoms with Gasteiger partial charge in [0.1, 0.15) is 6.54 Å². The third kappa shape index (κ3) is 3.30. The number of hydrogen-bond donors (Lipinski definition) is 0. The average molecular weight is 291 g/mol. The Kier molecular flexibility index (Phi) is 4.03. The lowest BCUT2D eigenvalue weighted by atomic mass is 10.2. The molecule has 1 aromatic rings. The van der Waals surface area contributed by atoms with Crippen molar-refractivity contribution < 1.29 is 22.7 Å². The molecule has 2 atom stereocenters. The monoisotopic (exact) mass is 291 g/mol. The van der Waals surface area contributed by atoms with Gasteiger partial charge >= 0.3 is 6.18 Å². The van der Waals surface area contributed by atoms with Crippen molar-refractivity contribution >= 4 is 5.91 Å². The Balaban J connectivity index is 2.02. The van der Waals surface area contributed by atoms with E-state index in [2.05, 4.69) is 5.10 Å². The molecule has 0 spiro atoms. The lowest BCUT2D eigenvalue weighted by Gasteiger charge is -2.36. The number of aromatic nitrogens is 2. The first-order valence-corrected chi connectivity index (χ1v) is 6.29. The van der Waals surface area contributed by atoms with E-state index in [1.165, 1.54) is 0 Å². The van der Waals surface area contributed by atoms with Crippen molar-refractivity contribution in [3.05, 3.63) is 18.0 Å². The number of ether oxygens (including phenoxy) is 1. The first-order chi connectivity index (χ1) is 9.27. The van der Waals surface area contributed by atoms with Crippen molar-refractivity contribution in [2.24, 2.45) is 0 Å². The van der Waals surface area contributed by atoms with Crippen LogP contribution in [-0.4, -0.2) is 45.9 Å². The largest absolute Gasteiger partial charge is 0.435 e. The van der Waals surface area contributed by atoms with Gasteiger partial charge in [0.25, 0.3) is 0 Å². The summed E-state index contributed by atoms with van der Waals surface area (Å²) >= 11 is 0. The van der Waals surface area contributed by atoms with Crippen LogP contribution < -0.4 is 0 Å². The Morgan fingerprint density at radius 3 is 2.80 bits per heavy atom. The average Bonchev–Trinajstić information content (AvgIpc) is 2.80. The minimum Gasteiger partial charge on any atom is -0.375 e. The minimum atomic E-state index is -4.49. The maximum atomic E-state index is 12.4. The zero-order valence-corrected chi connectivity index (χ0v) is 11.2. The summed E-state index contributed by atoms with van der Waals surface area (Å²) in [5, 5.41) is 3.37.